The van der Waals surface area contributed by atoms with Crippen LogP contribution in [0.15, 0.2) is 47.7 Å². The van der Waals surface area contributed by atoms with Gasteiger partial charge in [-0.15, -0.1) is 24.0 Å². The molecule has 1 N–H and O–H groups in total. The highest BCUT2D eigenvalue weighted by atomic mass is 127. The molecular weight excluding hydrogens is 461 g/mol. The van der Waals surface area contributed by atoms with E-state index in [2.05, 4.69) is 71.2 Å². The lowest BCUT2D eigenvalue weighted by atomic mass is 10.1. The van der Waals surface area contributed by atoms with Crippen molar-refractivity contribution in [2.45, 2.75) is 27.2 Å². The molecule has 28 heavy (non-hydrogen) atoms. The van der Waals surface area contributed by atoms with Gasteiger partial charge in [-0.05, 0) is 62.1 Å². The van der Waals surface area contributed by atoms with Gasteiger partial charge in [-0.2, -0.15) is 0 Å². The summed E-state index contributed by atoms with van der Waals surface area (Å²) in [6.45, 7) is 12.1. The lowest BCUT2D eigenvalue weighted by Crippen LogP contribution is -2.52. The number of benzene rings is 1. The SMILES string of the molecule is CCNC(=NCCc1ccncc1C)N1CCN(c2cccc(C)c2)CC1.I. The van der Waals surface area contributed by atoms with Crippen molar-refractivity contribution < 1.29 is 0 Å². The highest BCUT2D eigenvalue weighted by molar-refractivity contribution is 14.0. The molecule has 1 aromatic heterocycles. The predicted molar refractivity (Wildman–Crippen MR) is 129 cm³/mol. The number of rotatable bonds is 5. The molecule has 6 heteroatoms. The first-order valence-corrected chi connectivity index (χ1v) is 9.91. The Kier molecular flexibility index (Phi) is 9.02. The minimum Gasteiger partial charge on any atom is -0.368 e. The summed E-state index contributed by atoms with van der Waals surface area (Å²) in [5.74, 6) is 1.04. The molecule has 1 saturated heterocycles. The van der Waals surface area contributed by atoms with E-state index in [1.54, 1.807) is 0 Å². The Balaban J connectivity index is 0.00000280. The lowest BCUT2D eigenvalue weighted by Gasteiger charge is -2.37. The van der Waals surface area contributed by atoms with E-state index in [-0.39, 0.29) is 24.0 Å². The second-order valence-electron chi connectivity index (χ2n) is 7.10. The number of hydrogen-bond acceptors (Lipinski definition) is 3. The summed E-state index contributed by atoms with van der Waals surface area (Å²) in [5, 5.41) is 3.46. The Morgan fingerprint density at radius 1 is 1.14 bits per heavy atom. The van der Waals surface area contributed by atoms with Crippen molar-refractivity contribution in [1.29, 1.82) is 0 Å². The third kappa shape index (κ3) is 6.09. The quantitative estimate of drug-likeness (QED) is 0.393. The van der Waals surface area contributed by atoms with Crippen LogP contribution in [0, 0.1) is 13.8 Å². The third-order valence-electron chi connectivity index (χ3n) is 5.06. The number of anilines is 1. The first kappa shape index (κ1) is 22.5. The highest BCUT2D eigenvalue weighted by Gasteiger charge is 2.19. The van der Waals surface area contributed by atoms with Crippen LogP contribution >= 0.6 is 24.0 Å². The van der Waals surface area contributed by atoms with Crippen LogP contribution in [0.4, 0.5) is 5.69 Å². The minimum absolute atomic E-state index is 0. The zero-order chi connectivity index (χ0) is 19.1. The van der Waals surface area contributed by atoms with Crippen LogP contribution in [0.1, 0.15) is 23.6 Å². The molecule has 0 unspecified atom stereocenters. The van der Waals surface area contributed by atoms with Gasteiger partial charge in [-0.1, -0.05) is 12.1 Å². The molecule has 1 aliphatic rings. The highest BCUT2D eigenvalue weighted by Crippen LogP contribution is 2.18. The van der Waals surface area contributed by atoms with Gasteiger partial charge in [0.25, 0.3) is 0 Å². The van der Waals surface area contributed by atoms with Gasteiger partial charge in [0.15, 0.2) is 5.96 Å². The van der Waals surface area contributed by atoms with E-state index in [0.717, 1.165) is 51.6 Å². The Morgan fingerprint density at radius 2 is 1.93 bits per heavy atom. The standard InChI is InChI=1S/C22H31N5.HI/c1-4-24-22(25-11-9-20-8-10-23-17-19(20)3)27-14-12-26(13-15-27)21-7-5-6-18(2)16-21;/h5-8,10,16-17H,4,9,11-15H2,1-3H3,(H,24,25);1H. The fourth-order valence-electron chi connectivity index (χ4n) is 3.49. The van der Waals surface area contributed by atoms with Gasteiger partial charge in [0.05, 0.1) is 0 Å². The van der Waals surface area contributed by atoms with Gasteiger partial charge in [-0.3, -0.25) is 9.98 Å². The van der Waals surface area contributed by atoms with E-state index in [9.17, 15) is 0 Å². The van der Waals surface area contributed by atoms with Crippen LogP contribution < -0.4 is 10.2 Å². The molecule has 0 bridgehead atoms. The molecule has 1 aromatic carbocycles. The number of aromatic nitrogens is 1. The molecule has 2 aromatic rings. The summed E-state index contributed by atoms with van der Waals surface area (Å²) in [4.78, 5) is 13.9. The summed E-state index contributed by atoms with van der Waals surface area (Å²) in [7, 11) is 0. The molecular formula is C22H32IN5. The monoisotopic (exact) mass is 493 g/mol. The van der Waals surface area contributed by atoms with Gasteiger partial charge < -0.3 is 15.1 Å². The van der Waals surface area contributed by atoms with Gasteiger partial charge >= 0.3 is 0 Å². The maximum atomic E-state index is 4.88. The number of aliphatic imine (C=N–C) groups is 1. The number of nitrogens with zero attached hydrogens (tertiary/aromatic N) is 4. The van der Waals surface area contributed by atoms with Crippen LogP contribution in [0.25, 0.3) is 0 Å². The van der Waals surface area contributed by atoms with E-state index in [0.29, 0.717) is 0 Å². The second kappa shape index (κ2) is 11.2. The van der Waals surface area contributed by atoms with Gasteiger partial charge in [0, 0.05) is 57.3 Å². The van der Waals surface area contributed by atoms with Gasteiger partial charge in [0.2, 0.25) is 0 Å². The van der Waals surface area contributed by atoms with Crippen molar-refractivity contribution in [3.05, 3.63) is 59.4 Å². The molecule has 0 amide bonds. The van der Waals surface area contributed by atoms with Crippen molar-refractivity contribution >= 4 is 35.6 Å². The summed E-state index contributed by atoms with van der Waals surface area (Å²) in [6, 6.07) is 10.9. The summed E-state index contributed by atoms with van der Waals surface area (Å²) in [6.07, 6.45) is 4.74. The molecule has 5 nitrogen and oxygen atoms in total. The fourth-order valence-corrected chi connectivity index (χ4v) is 3.49. The van der Waals surface area contributed by atoms with Gasteiger partial charge in [0.1, 0.15) is 0 Å². The van der Waals surface area contributed by atoms with Crippen LogP contribution in [-0.2, 0) is 6.42 Å². The smallest absolute Gasteiger partial charge is 0.194 e. The largest absolute Gasteiger partial charge is 0.368 e. The van der Waals surface area contributed by atoms with Crippen molar-refractivity contribution in [2.24, 2.45) is 4.99 Å². The van der Waals surface area contributed by atoms with Crippen molar-refractivity contribution in [3.8, 4) is 0 Å². The molecule has 1 fully saturated rings. The summed E-state index contributed by atoms with van der Waals surface area (Å²) >= 11 is 0. The topological polar surface area (TPSA) is 43.8 Å². The molecule has 0 radical (unpaired) electrons. The maximum Gasteiger partial charge on any atom is 0.194 e. The summed E-state index contributed by atoms with van der Waals surface area (Å²) < 4.78 is 0. The Bertz CT molecular complexity index is 769. The van der Waals surface area contributed by atoms with Crippen LogP contribution in [-0.4, -0.2) is 55.1 Å². The average molecular weight is 493 g/mol. The summed E-state index contributed by atoms with van der Waals surface area (Å²) in [5.41, 5.74) is 5.21. The normalized spacial score (nSPS) is 14.6. The van der Waals surface area contributed by atoms with Crippen LogP contribution in [0.3, 0.4) is 0 Å². The van der Waals surface area contributed by atoms with E-state index >= 15 is 0 Å². The predicted octanol–water partition coefficient (Wildman–Crippen LogP) is 3.65. The lowest BCUT2D eigenvalue weighted by molar-refractivity contribution is 0.372. The zero-order valence-corrected chi connectivity index (χ0v) is 19.5. The van der Waals surface area contributed by atoms with E-state index in [4.69, 9.17) is 4.99 Å². The number of piperazine rings is 1. The maximum absolute atomic E-state index is 4.88. The molecule has 0 spiro atoms. The molecule has 0 atom stereocenters. The first-order chi connectivity index (χ1) is 13.2. The Morgan fingerprint density at radius 3 is 2.61 bits per heavy atom. The number of guanidine groups is 1. The zero-order valence-electron chi connectivity index (χ0n) is 17.2. The molecule has 1 aliphatic heterocycles. The molecule has 2 heterocycles. The van der Waals surface area contributed by atoms with Crippen LogP contribution in [0.2, 0.25) is 0 Å². The van der Waals surface area contributed by atoms with Crippen molar-refractivity contribution in [2.75, 3.05) is 44.2 Å². The van der Waals surface area contributed by atoms with Crippen LogP contribution in [0.5, 0.6) is 0 Å². The number of nitrogens with one attached hydrogen (secondary N) is 1. The fraction of sp³-hybridized carbons (Fsp3) is 0.455. The van der Waals surface area contributed by atoms with Crippen molar-refractivity contribution in [3.63, 3.8) is 0 Å². The molecule has 0 saturated carbocycles. The van der Waals surface area contributed by atoms with E-state index in [1.165, 1.54) is 22.4 Å². The Hall–Kier alpha value is -1.83. The number of aryl methyl sites for hydroxylation is 2. The first-order valence-electron chi connectivity index (χ1n) is 9.91. The third-order valence-corrected chi connectivity index (χ3v) is 5.06. The number of halogens is 1. The second-order valence-corrected chi connectivity index (χ2v) is 7.10. The molecule has 3 rings (SSSR count). The number of hydrogen-bond donors (Lipinski definition) is 1. The number of pyridine rings is 1. The Labute approximate surface area is 186 Å². The van der Waals surface area contributed by atoms with E-state index in [1.807, 2.05) is 12.4 Å². The average Bonchev–Trinajstić information content (AvgIpc) is 2.69. The molecule has 0 aliphatic carbocycles. The molecule has 152 valence electrons. The van der Waals surface area contributed by atoms with E-state index < -0.39 is 0 Å². The minimum atomic E-state index is 0. The van der Waals surface area contributed by atoms with Gasteiger partial charge in [-0.25, -0.2) is 0 Å². The van der Waals surface area contributed by atoms with Crippen molar-refractivity contribution in [1.82, 2.24) is 15.2 Å².